The number of ketones is 1. The molecule has 3 heterocycles. The summed E-state index contributed by atoms with van der Waals surface area (Å²) in [5.74, 6) is -0.528. The Hall–Kier alpha value is -2.28. The topological polar surface area (TPSA) is 81.1 Å². The fourth-order valence-electron chi connectivity index (χ4n) is 3.15. The van der Waals surface area contributed by atoms with E-state index in [-0.39, 0.29) is 24.0 Å². The van der Waals surface area contributed by atoms with Crippen LogP contribution in [-0.2, 0) is 19.2 Å². The zero-order valence-electron chi connectivity index (χ0n) is 13.3. The number of carbonyl (C=O) groups is 2. The van der Waals surface area contributed by atoms with Gasteiger partial charge in [0.25, 0.3) is 11.5 Å². The monoisotopic (exact) mass is 329 g/mol. The predicted octanol–water partition coefficient (Wildman–Crippen LogP) is 0.783. The normalized spacial score (nSPS) is 26.7. The van der Waals surface area contributed by atoms with Crippen LogP contribution in [0.15, 0.2) is 29.6 Å². The first-order chi connectivity index (χ1) is 11.7. The Bertz CT molecular complexity index is 680. The number of carbonyl (C=O) groups excluding carboxylic acids is 2. The van der Waals surface area contributed by atoms with Crippen molar-refractivity contribution in [3.8, 4) is 0 Å². The first-order valence-corrected chi connectivity index (χ1v) is 8.28. The van der Waals surface area contributed by atoms with Crippen LogP contribution in [0.1, 0.15) is 25.0 Å². The molecule has 1 aliphatic carbocycles. The SMILES string of the molecule is O=C(C1CC1)C1(C(=O)N2CCOCC2)CC(c2ccccn2)=NO1. The molecular weight excluding hydrogens is 310 g/mol. The molecular formula is C17H19N3O4. The lowest BCUT2D eigenvalue weighted by Crippen LogP contribution is -2.57. The summed E-state index contributed by atoms with van der Waals surface area (Å²) in [6.45, 7) is 1.91. The lowest BCUT2D eigenvalue weighted by molar-refractivity contribution is -0.167. The van der Waals surface area contributed by atoms with Gasteiger partial charge in [0.1, 0.15) is 5.71 Å². The number of pyridine rings is 1. The summed E-state index contributed by atoms with van der Waals surface area (Å²) >= 11 is 0. The lowest BCUT2D eigenvalue weighted by Gasteiger charge is -2.33. The number of oxime groups is 1. The fourth-order valence-corrected chi connectivity index (χ4v) is 3.15. The van der Waals surface area contributed by atoms with Gasteiger partial charge in [0.2, 0.25) is 0 Å². The van der Waals surface area contributed by atoms with Crippen LogP contribution in [-0.4, -0.2) is 59.2 Å². The average Bonchev–Trinajstić information content (AvgIpc) is 3.40. The van der Waals surface area contributed by atoms with Crippen LogP contribution in [0, 0.1) is 5.92 Å². The number of aromatic nitrogens is 1. The molecule has 0 N–H and O–H groups in total. The second-order valence-corrected chi connectivity index (χ2v) is 6.39. The van der Waals surface area contributed by atoms with Gasteiger partial charge in [0.05, 0.1) is 25.3 Å². The van der Waals surface area contributed by atoms with Crippen molar-refractivity contribution < 1.29 is 19.2 Å². The zero-order chi connectivity index (χ0) is 16.6. The third-order valence-corrected chi connectivity index (χ3v) is 4.68. The highest BCUT2D eigenvalue weighted by molar-refractivity contribution is 6.17. The minimum absolute atomic E-state index is 0.0896. The van der Waals surface area contributed by atoms with E-state index in [1.165, 1.54) is 0 Å². The van der Waals surface area contributed by atoms with Crippen LogP contribution in [0.3, 0.4) is 0 Å². The lowest BCUT2D eigenvalue weighted by atomic mass is 9.87. The highest BCUT2D eigenvalue weighted by atomic mass is 16.7. The van der Waals surface area contributed by atoms with Gasteiger partial charge in [-0.15, -0.1) is 0 Å². The van der Waals surface area contributed by atoms with Gasteiger partial charge < -0.3 is 14.5 Å². The predicted molar refractivity (Wildman–Crippen MR) is 84.3 cm³/mol. The number of hydrogen-bond donors (Lipinski definition) is 0. The van der Waals surface area contributed by atoms with Crippen LogP contribution in [0.4, 0.5) is 0 Å². The maximum absolute atomic E-state index is 13.1. The zero-order valence-corrected chi connectivity index (χ0v) is 13.3. The Morgan fingerprint density at radius 1 is 1.21 bits per heavy atom. The molecule has 1 aromatic rings. The molecule has 7 nitrogen and oxygen atoms in total. The number of morpholine rings is 1. The summed E-state index contributed by atoms with van der Waals surface area (Å²) in [5.41, 5.74) is -0.338. The minimum atomic E-state index is -1.52. The molecule has 1 atom stereocenters. The third kappa shape index (κ3) is 2.58. The first-order valence-electron chi connectivity index (χ1n) is 8.28. The van der Waals surface area contributed by atoms with Crippen LogP contribution in [0.5, 0.6) is 0 Å². The molecule has 126 valence electrons. The van der Waals surface area contributed by atoms with Gasteiger partial charge >= 0.3 is 0 Å². The van der Waals surface area contributed by atoms with E-state index < -0.39 is 5.60 Å². The third-order valence-electron chi connectivity index (χ3n) is 4.68. The van der Waals surface area contributed by atoms with E-state index in [4.69, 9.17) is 9.57 Å². The summed E-state index contributed by atoms with van der Waals surface area (Å²) in [7, 11) is 0. The summed E-state index contributed by atoms with van der Waals surface area (Å²) < 4.78 is 5.30. The van der Waals surface area contributed by atoms with Crippen molar-refractivity contribution in [1.29, 1.82) is 0 Å². The van der Waals surface area contributed by atoms with Crippen LogP contribution in [0.25, 0.3) is 0 Å². The van der Waals surface area contributed by atoms with Gasteiger partial charge in [-0.1, -0.05) is 11.2 Å². The average molecular weight is 329 g/mol. The summed E-state index contributed by atoms with van der Waals surface area (Å²) in [4.78, 5) is 37.5. The number of nitrogens with zero attached hydrogens (tertiary/aromatic N) is 3. The Labute approximate surface area is 139 Å². The van der Waals surface area contributed by atoms with Crippen molar-refractivity contribution in [3.63, 3.8) is 0 Å². The maximum atomic E-state index is 13.1. The maximum Gasteiger partial charge on any atom is 0.278 e. The Morgan fingerprint density at radius 3 is 2.67 bits per heavy atom. The molecule has 3 aliphatic rings. The number of amides is 1. The molecule has 1 unspecified atom stereocenters. The smallest absolute Gasteiger partial charge is 0.278 e. The van der Waals surface area contributed by atoms with Crippen molar-refractivity contribution in [2.45, 2.75) is 24.9 Å². The molecule has 2 fully saturated rings. The highest BCUT2D eigenvalue weighted by Crippen LogP contribution is 2.40. The molecule has 24 heavy (non-hydrogen) atoms. The Balaban J connectivity index is 1.61. The van der Waals surface area contributed by atoms with E-state index in [0.717, 1.165) is 12.8 Å². The molecule has 1 saturated heterocycles. The summed E-state index contributed by atoms with van der Waals surface area (Å²) in [6, 6.07) is 5.46. The second-order valence-electron chi connectivity index (χ2n) is 6.39. The van der Waals surface area contributed by atoms with Crippen LogP contribution >= 0.6 is 0 Å². The largest absolute Gasteiger partial charge is 0.378 e. The van der Waals surface area contributed by atoms with E-state index in [1.54, 1.807) is 23.2 Å². The highest BCUT2D eigenvalue weighted by Gasteiger charge is 2.58. The minimum Gasteiger partial charge on any atom is -0.378 e. The van der Waals surface area contributed by atoms with E-state index in [1.807, 2.05) is 6.07 Å². The number of rotatable bonds is 4. The molecule has 1 saturated carbocycles. The van der Waals surface area contributed by atoms with Gasteiger partial charge in [-0.25, -0.2) is 0 Å². The molecule has 0 spiro atoms. The molecule has 7 heteroatoms. The quantitative estimate of drug-likeness (QED) is 0.763. The standard InChI is InChI=1S/C17H19N3O4/c21-15(12-4-5-12)17(16(22)20-7-9-23-10-8-20)11-14(19-24-17)13-3-1-2-6-18-13/h1-3,6,12H,4-5,7-11H2. The van der Waals surface area contributed by atoms with Gasteiger partial charge in [0, 0.05) is 25.2 Å². The molecule has 2 aliphatic heterocycles. The number of Topliss-reactive ketones (excluding diaryl/α,β-unsaturated/α-hetero) is 1. The summed E-state index contributed by atoms with van der Waals surface area (Å²) in [5, 5.41) is 4.06. The van der Waals surface area contributed by atoms with E-state index in [0.29, 0.717) is 37.7 Å². The number of hydrogen-bond acceptors (Lipinski definition) is 6. The number of ether oxygens (including phenoxy) is 1. The van der Waals surface area contributed by atoms with Gasteiger partial charge in [0.15, 0.2) is 5.78 Å². The van der Waals surface area contributed by atoms with E-state index in [9.17, 15) is 9.59 Å². The van der Waals surface area contributed by atoms with Crippen LogP contribution in [0.2, 0.25) is 0 Å². The van der Waals surface area contributed by atoms with Crippen molar-refractivity contribution in [2.75, 3.05) is 26.3 Å². The van der Waals surface area contributed by atoms with Crippen molar-refractivity contribution in [2.24, 2.45) is 11.1 Å². The Kier molecular flexibility index (Phi) is 3.80. The molecule has 4 rings (SSSR count). The molecule has 0 aromatic carbocycles. The van der Waals surface area contributed by atoms with Gasteiger partial charge in [-0.3, -0.25) is 14.6 Å². The van der Waals surface area contributed by atoms with E-state index in [2.05, 4.69) is 10.1 Å². The first kappa shape index (κ1) is 15.3. The second kappa shape index (κ2) is 5.98. The Morgan fingerprint density at radius 2 is 2.00 bits per heavy atom. The molecule has 1 aromatic heterocycles. The molecule has 0 bridgehead atoms. The fraction of sp³-hybridized carbons (Fsp3) is 0.529. The van der Waals surface area contributed by atoms with E-state index >= 15 is 0 Å². The van der Waals surface area contributed by atoms with Crippen molar-refractivity contribution in [1.82, 2.24) is 9.88 Å². The van der Waals surface area contributed by atoms with Crippen LogP contribution < -0.4 is 0 Å². The summed E-state index contributed by atoms with van der Waals surface area (Å²) in [6.07, 6.45) is 3.44. The van der Waals surface area contributed by atoms with Crippen molar-refractivity contribution in [3.05, 3.63) is 30.1 Å². The molecule has 1 amide bonds. The molecule has 0 radical (unpaired) electrons. The van der Waals surface area contributed by atoms with Gasteiger partial charge in [-0.2, -0.15) is 0 Å². The van der Waals surface area contributed by atoms with Gasteiger partial charge in [-0.05, 0) is 25.0 Å². The van der Waals surface area contributed by atoms with Crippen molar-refractivity contribution >= 4 is 17.4 Å².